The quantitative estimate of drug-likeness (QED) is 0.0405. The molecule has 0 saturated heterocycles. The van der Waals surface area contributed by atoms with Gasteiger partial charge in [-0.25, -0.2) is 0 Å². The van der Waals surface area contributed by atoms with Gasteiger partial charge in [0.1, 0.15) is 0 Å². The van der Waals surface area contributed by atoms with Crippen LogP contribution >= 0.6 is 47.5 Å². The van der Waals surface area contributed by atoms with Gasteiger partial charge in [0.2, 0.25) is 0 Å². The summed E-state index contributed by atoms with van der Waals surface area (Å²) >= 11 is 0. The molecular weight excluding hydrogens is 1430 g/mol. The van der Waals surface area contributed by atoms with Crippen LogP contribution in [0, 0.1) is 20.8 Å². The molecule has 0 nitrogen and oxygen atoms in total. The molecular formula is C95H101P6Rh-. The molecule has 0 spiro atoms. The van der Waals surface area contributed by atoms with E-state index in [0.717, 1.165) is 22.6 Å². The monoisotopic (exact) mass is 1530 g/mol. The second-order valence-corrected chi connectivity index (χ2v) is 41.7. The minimum absolute atomic E-state index is 0. The summed E-state index contributed by atoms with van der Waals surface area (Å²) in [5, 5.41) is 16.8. The van der Waals surface area contributed by atoms with Crippen molar-refractivity contribution in [3.63, 3.8) is 0 Å². The first-order chi connectivity index (χ1) is 49.3. The van der Waals surface area contributed by atoms with E-state index < -0.39 is 31.7 Å². The Bertz CT molecular complexity index is 3460. The van der Waals surface area contributed by atoms with Gasteiger partial charge in [-0.3, -0.25) is 0 Å². The zero-order valence-electron chi connectivity index (χ0n) is 61.2. The van der Waals surface area contributed by atoms with E-state index in [9.17, 15) is 0 Å². The average Bonchev–Trinajstić information content (AvgIpc) is 0.830. The molecule has 13 aromatic rings. The predicted octanol–water partition coefficient (Wildman–Crippen LogP) is 21.9. The van der Waals surface area contributed by atoms with E-state index in [2.05, 4.69) is 446 Å². The van der Waals surface area contributed by atoms with E-state index >= 15 is 0 Å². The summed E-state index contributed by atoms with van der Waals surface area (Å²) in [7, 11) is -1.76. The second kappa shape index (κ2) is 43.3. The Morgan fingerprint density at radius 2 is 0.333 bits per heavy atom. The third-order valence-electron chi connectivity index (χ3n) is 17.6. The molecule has 0 saturated carbocycles. The van der Waals surface area contributed by atoms with Crippen LogP contribution < -0.4 is 63.7 Å². The van der Waals surface area contributed by atoms with Crippen molar-refractivity contribution in [3.8, 4) is 0 Å². The first-order valence-electron chi connectivity index (χ1n) is 35.5. The van der Waals surface area contributed by atoms with Gasteiger partial charge in [0.05, 0.1) is 0 Å². The number of hydrogen-bond donors (Lipinski definition) is 0. The molecule has 0 fully saturated rings. The molecule has 102 heavy (non-hydrogen) atoms. The standard InChI is InChI=1S/C23H41P2.4C18H15P.Rh/c1-15(2)24(16(3)4)13-22-19(9)12-20(10)23(21(22)11)14-25(17(5)6)18(7)8;4*1-4-10-16(11-5-1)19(17-12-6-2-7-13-17)18-14-8-3-9-15-18;/h12,15-18H,11,13-14H2,1-10H3;4*1-15H;/q-1;;;;;. The van der Waals surface area contributed by atoms with E-state index in [1.807, 2.05) is 0 Å². The van der Waals surface area contributed by atoms with Crippen LogP contribution in [0.15, 0.2) is 370 Å². The molecule has 0 heterocycles. The Morgan fingerprint density at radius 1 is 0.216 bits per heavy atom. The fourth-order valence-electron chi connectivity index (χ4n) is 12.6. The molecule has 13 rings (SSSR count). The van der Waals surface area contributed by atoms with Crippen molar-refractivity contribution >= 4 is 111 Å². The maximum atomic E-state index is 4.61. The number of benzene rings is 13. The van der Waals surface area contributed by atoms with Crippen LogP contribution in [0.3, 0.4) is 0 Å². The molecule has 0 unspecified atom stereocenters. The predicted molar refractivity (Wildman–Crippen MR) is 463 cm³/mol. The Labute approximate surface area is 634 Å². The summed E-state index contributed by atoms with van der Waals surface area (Å²) in [6, 6.07) is 132. The first-order valence-corrected chi connectivity index (χ1v) is 44.2. The summed E-state index contributed by atoms with van der Waals surface area (Å²) < 4.78 is 0. The van der Waals surface area contributed by atoms with Gasteiger partial charge in [0, 0.05) is 19.5 Å². The molecule has 1 radical (unpaired) electrons. The minimum atomic E-state index is -0.446. The number of hydrogen-bond acceptors (Lipinski definition) is 0. The van der Waals surface area contributed by atoms with Gasteiger partial charge >= 0.3 is 0 Å². The maximum Gasteiger partial charge on any atom is 0 e. The Kier molecular flexibility index (Phi) is 34.2. The van der Waals surface area contributed by atoms with E-state index in [4.69, 9.17) is 0 Å². The van der Waals surface area contributed by atoms with Crippen LogP contribution in [0.1, 0.15) is 83.2 Å². The molecule has 0 aliphatic heterocycles. The van der Waals surface area contributed by atoms with Crippen LogP contribution in [0.5, 0.6) is 0 Å². The molecule has 0 N–H and O–H groups in total. The molecule has 0 aliphatic rings. The summed E-state index contributed by atoms with van der Waals surface area (Å²) in [4.78, 5) is 0. The van der Waals surface area contributed by atoms with Crippen molar-refractivity contribution in [2.75, 3.05) is 0 Å². The molecule has 0 aliphatic carbocycles. The second-order valence-electron chi connectivity index (χ2n) is 26.0. The Morgan fingerprint density at radius 3 is 0.441 bits per heavy atom. The van der Waals surface area contributed by atoms with Crippen molar-refractivity contribution in [1.82, 2.24) is 0 Å². The first kappa shape index (κ1) is 80.6. The zero-order chi connectivity index (χ0) is 71.1. The maximum absolute atomic E-state index is 4.61. The fourth-order valence-corrected chi connectivity index (χ4v) is 27.3. The van der Waals surface area contributed by atoms with Gasteiger partial charge in [-0.15, -0.1) is 38.1 Å². The SMILES string of the molecule is [CH2-]c1c(CP(C(C)C)C(C)C)c(C)cc(C)c1CP(C(C)C)C(C)C.[Rh].c1ccc(P(c2ccccc2)c2ccccc2)cc1.c1ccc(P(c2ccccc2)c2ccccc2)cc1.c1ccc(P(c2ccccc2)c2ccccc2)cc1.c1ccc(P(c2ccccc2)c2ccccc2)cc1. The topological polar surface area (TPSA) is 0 Å². The van der Waals surface area contributed by atoms with Crippen LogP contribution in [-0.4, -0.2) is 22.6 Å². The number of aryl methyl sites for hydroxylation is 2. The average molecular weight is 1530 g/mol. The molecule has 0 aromatic heterocycles. The van der Waals surface area contributed by atoms with Crippen LogP contribution in [-0.2, 0) is 31.8 Å². The van der Waals surface area contributed by atoms with Crippen LogP contribution in [0.2, 0.25) is 0 Å². The normalized spacial score (nSPS) is 11.0. The number of rotatable bonds is 20. The zero-order valence-corrected chi connectivity index (χ0v) is 68.2. The van der Waals surface area contributed by atoms with Crippen molar-refractivity contribution in [2.24, 2.45) is 0 Å². The minimum Gasteiger partial charge on any atom is -0.198 e. The summed E-state index contributed by atoms with van der Waals surface area (Å²) in [6.45, 7) is 28.4. The van der Waals surface area contributed by atoms with Gasteiger partial charge in [-0.1, -0.05) is 452 Å². The van der Waals surface area contributed by atoms with Crippen molar-refractivity contribution in [2.45, 2.75) is 104 Å². The third kappa shape index (κ3) is 24.0. The van der Waals surface area contributed by atoms with Gasteiger partial charge < -0.3 is 0 Å². The van der Waals surface area contributed by atoms with Crippen LogP contribution in [0.4, 0.5) is 0 Å². The van der Waals surface area contributed by atoms with E-state index in [1.165, 1.54) is 92.7 Å². The van der Waals surface area contributed by atoms with E-state index in [0.29, 0.717) is 0 Å². The van der Waals surface area contributed by atoms with Crippen molar-refractivity contribution < 1.29 is 19.5 Å². The van der Waals surface area contributed by atoms with E-state index in [1.54, 1.807) is 11.1 Å². The Balaban J connectivity index is 0.000000162. The fraction of sp³-hybridized carbons (Fsp3) is 0.168. The van der Waals surface area contributed by atoms with Crippen LogP contribution in [0.25, 0.3) is 0 Å². The van der Waals surface area contributed by atoms with Gasteiger partial charge in [0.25, 0.3) is 0 Å². The summed E-state index contributed by atoms with van der Waals surface area (Å²) in [5.41, 5.74) is 10.5. The molecule has 13 aromatic carbocycles. The molecule has 7 heteroatoms. The molecule has 0 atom stereocenters. The largest absolute Gasteiger partial charge is 0.198 e. The third-order valence-corrected chi connectivity index (χ3v) is 34.1. The van der Waals surface area contributed by atoms with Gasteiger partial charge in [0.15, 0.2) is 0 Å². The van der Waals surface area contributed by atoms with Gasteiger partial charge in [-0.05, 0) is 118 Å². The van der Waals surface area contributed by atoms with Crippen molar-refractivity contribution in [1.29, 1.82) is 0 Å². The smallest absolute Gasteiger partial charge is 0 e. The van der Waals surface area contributed by atoms with E-state index in [-0.39, 0.29) is 35.3 Å². The Hall–Kier alpha value is -7.07. The molecule has 0 amide bonds. The molecule has 521 valence electrons. The summed E-state index contributed by atoms with van der Waals surface area (Å²) in [6.07, 6.45) is 2.48. The molecule has 0 bridgehead atoms. The van der Waals surface area contributed by atoms with Crippen molar-refractivity contribution in [3.05, 3.63) is 405 Å². The summed E-state index contributed by atoms with van der Waals surface area (Å²) in [5.74, 6) is 0. The van der Waals surface area contributed by atoms with Gasteiger partial charge in [-0.2, -0.15) is 12.5 Å².